The number of carbonyl (C=O) groups excluding carboxylic acids is 2. The molecule has 1 aliphatic carbocycles. The first-order valence-corrected chi connectivity index (χ1v) is 8.91. The highest BCUT2D eigenvalue weighted by atomic mass is 35.5. The molecule has 0 heterocycles. The van der Waals surface area contributed by atoms with Crippen LogP contribution in [0.2, 0.25) is 5.02 Å². The predicted molar refractivity (Wildman–Crippen MR) is 96.8 cm³/mol. The van der Waals surface area contributed by atoms with Crippen LogP contribution in [0.4, 0.5) is 0 Å². The second-order valence-corrected chi connectivity index (χ2v) is 7.36. The number of carbonyl (C=O) groups is 2. The summed E-state index contributed by atoms with van der Waals surface area (Å²) in [6, 6.07) is 5.19. The van der Waals surface area contributed by atoms with Gasteiger partial charge in [-0.25, -0.2) is 4.79 Å². The Morgan fingerprint density at radius 1 is 1.28 bits per heavy atom. The molecule has 1 aromatic rings. The van der Waals surface area contributed by atoms with E-state index in [4.69, 9.17) is 21.1 Å². The van der Waals surface area contributed by atoms with E-state index >= 15 is 0 Å². The van der Waals surface area contributed by atoms with Crippen molar-refractivity contribution >= 4 is 23.5 Å². The van der Waals surface area contributed by atoms with Crippen LogP contribution in [0.15, 0.2) is 18.2 Å². The Kier molecular flexibility index (Phi) is 6.33. The summed E-state index contributed by atoms with van der Waals surface area (Å²) in [5, 5.41) is 3.40. The van der Waals surface area contributed by atoms with Gasteiger partial charge < -0.3 is 14.8 Å². The standard InChI is InChI=1S/C19H26ClNO4/c1-12-7-8-19(11-13(12)2,18(23)25-4)21-17(22)9-14-5-6-15(24-3)10-16(14)20/h5-6,10,12-13H,7-9,11H2,1-4H3,(H,21,22). The zero-order valence-corrected chi connectivity index (χ0v) is 16.0. The molecular formula is C19H26ClNO4. The molecule has 3 unspecified atom stereocenters. The van der Waals surface area contributed by atoms with Crippen molar-refractivity contribution in [3.63, 3.8) is 0 Å². The van der Waals surface area contributed by atoms with Crippen molar-refractivity contribution in [2.75, 3.05) is 14.2 Å². The third-order valence-electron chi connectivity index (χ3n) is 5.23. The van der Waals surface area contributed by atoms with Gasteiger partial charge in [0.15, 0.2) is 0 Å². The number of esters is 1. The van der Waals surface area contributed by atoms with E-state index in [9.17, 15) is 9.59 Å². The molecule has 2 rings (SSSR count). The molecule has 0 radical (unpaired) electrons. The molecule has 138 valence electrons. The first-order chi connectivity index (χ1) is 11.8. The number of halogens is 1. The third kappa shape index (κ3) is 4.46. The van der Waals surface area contributed by atoms with Crippen LogP contribution in [0.3, 0.4) is 0 Å². The Balaban J connectivity index is 2.14. The minimum absolute atomic E-state index is 0.103. The number of rotatable bonds is 5. The number of benzene rings is 1. The first kappa shape index (κ1) is 19.6. The summed E-state index contributed by atoms with van der Waals surface area (Å²) in [6.07, 6.45) is 2.15. The number of methoxy groups -OCH3 is 2. The van der Waals surface area contributed by atoms with Crippen molar-refractivity contribution < 1.29 is 19.1 Å². The fraction of sp³-hybridized carbons (Fsp3) is 0.579. The van der Waals surface area contributed by atoms with Gasteiger partial charge in [0.1, 0.15) is 11.3 Å². The Labute approximate surface area is 154 Å². The van der Waals surface area contributed by atoms with E-state index in [1.165, 1.54) is 7.11 Å². The van der Waals surface area contributed by atoms with Crippen LogP contribution in [0.1, 0.15) is 38.7 Å². The topological polar surface area (TPSA) is 64.6 Å². The van der Waals surface area contributed by atoms with Crippen molar-refractivity contribution in [1.82, 2.24) is 5.32 Å². The maximum absolute atomic E-state index is 12.6. The lowest BCUT2D eigenvalue weighted by molar-refractivity contribution is -0.154. The molecule has 0 spiro atoms. The lowest BCUT2D eigenvalue weighted by Crippen LogP contribution is -2.58. The summed E-state index contributed by atoms with van der Waals surface area (Å²) in [7, 11) is 2.92. The molecule has 1 fully saturated rings. The summed E-state index contributed by atoms with van der Waals surface area (Å²) in [5.41, 5.74) is -0.256. The summed E-state index contributed by atoms with van der Waals surface area (Å²) in [5.74, 6) is 0.873. The highest BCUT2D eigenvalue weighted by Gasteiger charge is 2.45. The number of ether oxygens (including phenoxy) is 2. The van der Waals surface area contributed by atoms with Gasteiger partial charge >= 0.3 is 5.97 Å². The van der Waals surface area contributed by atoms with E-state index in [1.54, 1.807) is 25.3 Å². The number of nitrogens with one attached hydrogen (secondary N) is 1. The van der Waals surface area contributed by atoms with Crippen molar-refractivity contribution in [3.8, 4) is 5.75 Å². The maximum atomic E-state index is 12.6. The normalized spacial score (nSPS) is 26.0. The molecule has 1 aromatic carbocycles. The van der Waals surface area contributed by atoms with Gasteiger partial charge in [-0.1, -0.05) is 31.5 Å². The molecular weight excluding hydrogens is 342 g/mol. The molecule has 1 N–H and O–H groups in total. The molecule has 3 atom stereocenters. The number of hydrogen-bond acceptors (Lipinski definition) is 4. The van der Waals surface area contributed by atoms with Crippen molar-refractivity contribution in [2.45, 2.75) is 45.1 Å². The van der Waals surface area contributed by atoms with Crippen LogP contribution in [0.25, 0.3) is 0 Å². The molecule has 0 aromatic heterocycles. The monoisotopic (exact) mass is 367 g/mol. The molecule has 6 heteroatoms. The summed E-state index contributed by atoms with van der Waals surface area (Å²) in [4.78, 5) is 25.0. The van der Waals surface area contributed by atoms with Gasteiger partial charge in [-0.15, -0.1) is 0 Å². The van der Waals surface area contributed by atoms with Gasteiger partial charge in [-0.2, -0.15) is 0 Å². The van der Waals surface area contributed by atoms with E-state index in [2.05, 4.69) is 19.2 Å². The van der Waals surface area contributed by atoms with Gasteiger partial charge in [0.2, 0.25) is 5.91 Å². The summed E-state index contributed by atoms with van der Waals surface area (Å²) < 4.78 is 10.1. The maximum Gasteiger partial charge on any atom is 0.331 e. The smallest absolute Gasteiger partial charge is 0.331 e. The van der Waals surface area contributed by atoms with E-state index in [0.29, 0.717) is 41.0 Å². The zero-order chi connectivity index (χ0) is 18.6. The SMILES string of the molecule is COC(=O)C1(NC(=O)Cc2ccc(OC)cc2Cl)CCC(C)C(C)C1. The average Bonchev–Trinajstić information content (AvgIpc) is 2.59. The van der Waals surface area contributed by atoms with Gasteiger partial charge in [-0.05, 0) is 48.8 Å². The lowest BCUT2D eigenvalue weighted by atomic mass is 9.71. The van der Waals surface area contributed by atoms with Crippen LogP contribution in [0.5, 0.6) is 5.75 Å². The van der Waals surface area contributed by atoms with Gasteiger partial charge in [0, 0.05) is 5.02 Å². The molecule has 1 saturated carbocycles. The van der Waals surface area contributed by atoms with Gasteiger partial charge in [-0.3, -0.25) is 4.79 Å². The number of hydrogen-bond donors (Lipinski definition) is 1. The quantitative estimate of drug-likeness (QED) is 0.810. The van der Waals surface area contributed by atoms with Crippen LogP contribution in [-0.2, 0) is 20.7 Å². The molecule has 1 amide bonds. The predicted octanol–water partition coefficient (Wildman–Crippen LogP) is 3.38. The second kappa shape index (κ2) is 8.09. The molecule has 25 heavy (non-hydrogen) atoms. The fourth-order valence-corrected chi connectivity index (χ4v) is 3.68. The van der Waals surface area contributed by atoms with Crippen molar-refractivity contribution in [1.29, 1.82) is 0 Å². The van der Waals surface area contributed by atoms with E-state index < -0.39 is 5.54 Å². The minimum atomic E-state index is -0.948. The first-order valence-electron chi connectivity index (χ1n) is 8.53. The highest BCUT2D eigenvalue weighted by Crippen LogP contribution is 2.37. The molecule has 0 aliphatic heterocycles. The van der Waals surface area contributed by atoms with Crippen LogP contribution in [-0.4, -0.2) is 31.6 Å². The Morgan fingerprint density at radius 3 is 2.56 bits per heavy atom. The van der Waals surface area contributed by atoms with Gasteiger partial charge in [0.25, 0.3) is 0 Å². The Hall–Kier alpha value is -1.75. The molecule has 1 aliphatic rings. The summed E-state index contributed by atoms with van der Waals surface area (Å²) in [6.45, 7) is 4.28. The molecule has 0 saturated heterocycles. The fourth-order valence-electron chi connectivity index (χ4n) is 3.44. The second-order valence-electron chi connectivity index (χ2n) is 6.95. The number of amides is 1. The van der Waals surface area contributed by atoms with Crippen molar-refractivity contribution in [2.24, 2.45) is 11.8 Å². The Bertz CT molecular complexity index is 648. The van der Waals surface area contributed by atoms with Crippen molar-refractivity contribution in [3.05, 3.63) is 28.8 Å². The van der Waals surface area contributed by atoms with Gasteiger partial charge in [0.05, 0.1) is 20.6 Å². The third-order valence-corrected chi connectivity index (χ3v) is 5.59. The molecule has 5 nitrogen and oxygen atoms in total. The van der Waals surface area contributed by atoms with Crippen LogP contribution < -0.4 is 10.1 Å². The molecule has 0 bridgehead atoms. The highest BCUT2D eigenvalue weighted by molar-refractivity contribution is 6.31. The summed E-state index contributed by atoms with van der Waals surface area (Å²) >= 11 is 6.21. The average molecular weight is 368 g/mol. The largest absolute Gasteiger partial charge is 0.497 e. The minimum Gasteiger partial charge on any atom is -0.497 e. The van der Waals surface area contributed by atoms with E-state index in [0.717, 1.165) is 6.42 Å². The van der Waals surface area contributed by atoms with E-state index in [1.807, 2.05) is 0 Å². The van der Waals surface area contributed by atoms with Crippen LogP contribution in [0, 0.1) is 11.8 Å². The van der Waals surface area contributed by atoms with Crippen LogP contribution >= 0.6 is 11.6 Å². The lowest BCUT2D eigenvalue weighted by Gasteiger charge is -2.41. The van der Waals surface area contributed by atoms with E-state index in [-0.39, 0.29) is 18.3 Å². The Morgan fingerprint density at radius 2 is 2.00 bits per heavy atom. The zero-order valence-electron chi connectivity index (χ0n) is 15.2.